The Morgan fingerprint density at radius 3 is 2.52 bits per heavy atom. The first-order valence-electron chi connectivity index (χ1n) is 8.16. The molecular formula is C20H21N3O2. The molecule has 0 aliphatic rings. The predicted molar refractivity (Wildman–Crippen MR) is 99.5 cm³/mol. The molecule has 1 heterocycles. The van der Waals surface area contributed by atoms with Crippen molar-refractivity contribution in [3.63, 3.8) is 0 Å². The maximum absolute atomic E-state index is 12.1. The van der Waals surface area contributed by atoms with Crippen molar-refractivity contribution in [1.82, 2.24) is 9.88 Å². The average Bonchev–Trinajstić information content (AvgIpc) is 3.17. The minimum absolute atomic E-state index is 0.210. The number of carbonyl (C=O) groups is 1. The number of rotatable bonds is 6. The highest BCUT2D eigenvalue weighted by molar-refractivity contribution is 5.89. The Kier molecular flexibility index (Phi) is 5.36. The maximum Gasteiger partial charge on any atom is 0.319 e. The molecule has 2 amide bonds. The number of methoxy groups -OCH3 is 1. The molecule has 0 bridgehead atoms. The summed E-state index contributed by atoms with van der Waals surface area (Å²) in [4.78, 5) is 12.1. The van der Waals surface area contributed by atoms with Gasteiger partial charge in [0, 0.05) is 30.3 Å². The molecule has 25 heavy (non-hydrogen) atoms. The van der Waals surface area contributed by atoms with Crippen molar-refractivity contribution >= 4 is 11.7 Å². The van der Waals surface area contributed by atoms with Crippen LogP contribution in [0.25, 0.3) is 5.69 Å². The van der Waals surface area contributed by atoms with Crippen molar-refractivity contribution in [3.05, 3.63) is 78.6 Å². The molecule has 0 unspecified atom stereocenters. The van der Waals surface area contributed by atoms with Gasteiger partial charge in [-0.15, -0.1) is 0 Å². The Morgan fingerprint density at radius 1 is 1.04 bits per heavy atom. The van der Waals surface area contributed by atoms with Gasteiger partial charge >= 0.3 is 6.03 Å². The van der Waals surface area contributed by atoms with E-state index in [0.29, 0.717) is 6.54 Å². The van der Waals surface area contributed by atoms with Crippen LogP contribution in [0.1, 0.15) is 5.56 Å². The second kappa shape index (κ2) is 8.06. The van der Waals surface area contributed by atoms with Gasteiger partial charge in [0.15, 0.2) is 0 Å². The van der Waals surface area contributed by atoms with E-state index >= 15 is 0 Å². The molecule has 2 aromatic carbocycles. The molecular weight excluding hydrogens is 314 g/mol. The molecule has 1 aromatic heterocycles. The highest BCUT2D eigenvalue weighted by Crippen LogP contribution is 2.15. The van der Waals surface area contributed by atoms with Crippen molar-refractivity contribution in [2.24, 2.45) is 0 Å². The lowest BCUT2D eigenvalue weighted by Gasteiger charge is -2.10. The molecule has 3 rings (SSSR count). The lowest BCUT2D eigenvalue weighted by Crippen LogP contribution is -2.30. The lowest BCUT2D eigenvalue weighted by molar-refractivity contribution is 0.252. The normalized spacial score (nSPS) is 10.3. The Balaban J connectivity index is 1.50. The van der Waals surface area contributed by atoms with Gasteiger partial charge in [0.2, 0.25) is 0 Å². The van der Waals surface area contributed by atoms with Crippen LogP contribution in [-0.2, 0) is 6.42 Å². The van der Waals surface area contributed by atoms with Crippen molar-refractivity contribution in [2.75, 3.05) is 19.0 Å². The number of anilines is 1. The van der Waals surface area contributed by atoms with Gasteiger partial charge in [0.05, 0.1) is 7.11 Å². The quantitative estimate of drug-likeness (QED) is 0.719. The van der Waals surface area contributed by atoms with Crippen molar-refractivity contribution < 1.29 is 9.53 Å². The van der Waals surface area contributed by atoms with Crippen molar-refractivity contribution in [2.45, 2.75) is 6.42 Å². The number of nitrogens with zero attached hydrogens (tertiary/aromatic N) is 1. The zero-order valence-electron chi connectivity index (χ0n) is 14.1. The minimum atomic E-state index is -0.210. The Bertz CT molecular complexity index is 811. The van der Waals surface area contributed by atoms with E-state index in [-0.39, 0.29) is 6.03 Å². The van der Waals surface area contributed by atoms with E-state index in [0.717, 1.165) is 29.1 Å². The van der Waals surface area contributed by atoms with Crippen LogP contribution < -0.4 is 15.4 Å². The second-order valence-electron chi connectivity index (χ2n) is 5.62. The molecule has 0 atom stereocenters. The van der Waals surface area contributed by atoms with E-state index in [2.05, 4.69) is 10.6 Å². The number of urea groups is 1. The van der Waals surface area contributed by atoms with Gasteiger partial charge in [-0.1, -0.05) is 18.2 Å². The lowest BCUT2D eigenvalue weighted by atomic mass is 10.1. The van der Waals surface area contributed by atoms with Crippen LogP contribution in [0.5, 0.6) is 5.75 Å². The highest BCUT2D eigenvalue weighted by Gasteiger charge is 2.03. The summed E-state index contributed by atoms with van der Waals surface area (Å²) in [5.74, 6) is 0.831. The number of hydrogen-bond acceptors (Lipinski definition) is 2. The third kappa shape index (κ3) is 4.64. The molecule has 3 aromatic rings. The van der Waals surface area contributed by atoms with Gasteiger partial charge in [-0.25, -0.2) is 4.79 Å². The minimum Gasteiger partial charge on any atom is -0.497 e. The fraction of sp³-hybridized carbons (Fsp3) is 0.150. The number of nitrogens with one attached hydrogen (secondary N) is 2. The van der Waals surface area contributed by atoms with E-state index in [1.165, 1.54) is 0 Å². The molecule has 0 fully saturated rings. The second-order valence-corrected chi connectivity index (χ2v) is 5.62. The molecule has 0 saturated carbocycles. The summed E-state index contributed by atoms with van der Waals surface area (Å²) in [5, 5.41) is 5.74. The van der Waals surface area contributed by atoms with Crippen LogP contribution >= 0.6 is 0 Å². The molecule has 0 saturated heterocycles. The van der Waals surface area contributed by atoms with Crippen LogP contribution in [0.15, 0.2) is 73.1 Å². The summed E-state index contributed by atoms with van der Waals surface area (Å²) in [6.45, 7) is 0.565. The van der Waals surface area contributed by atoms with Crippen LogP contribution in [0.4, 0.5) is 10.5 Å². The smallest absolute Gasteiger partial charge is 0.319 e. The van der Waals surface area contributed by atoms with E-state index < -0.39 is 0 Å². The van der Waals surface area contributed by atoms with Gasteiger partial charge in [-0.2, -0.15) is 0 Å². The largest absolute Gasteiger partial charge is 0.497 e. The van der Waals surface area contributed by atoms with E-state index in [1.54, 1.807) is 7.11 Å². The van der Waals surface area contributed by atoms with E-state index in [9.17, 15) is 4.79 Å². The maximum atomic E-state index is 12.1. The zero-order chi connectivity index (χ0) is 17.5. The van der Waals surface area contributed by atoms with Crippen LogP contribution in [0, 0.1) is 0 Å². The van der Waals surface area contributed by atoms with Gasteiger partial charge in [-0.3, -0.25) is 0 Å². The SMILES string of the molecule is COc1ccc(CCNC(=O)Nc2cccc(-n3cccc3)c2)cc1. The van der Waals surface area contributed by atoms with Crippen molar-refractivity contribution in [1.29, 1.82) is 0 Å². The Hall–Kier alpha value is -3.21. The summed E-state index contributed by atoms with van der Waals surface area (Å²) in [6, 6.07) is 19.3. The fourth-order valence-electron chi connectivity index (χ4n) is 2.54. The summed E-state index contributed by atoms with van der Waals surface area (Å²) in [5.41, 5.74) is 2.91. The molecule has 0 radical (unpaired) electrons. The first-order chi connectivity index (χ1) is 12.2. The highest BCUT2D eigenvalue weighted by atomic mass is 16.5. The summed E-state index contributed by atoms with van der Waals surface area (Å²) >= 11 is 0. The first kappa shape index (κ1) is 16.6. The van der Waals surface area contributed by atoms with Crippen molar-refractivity contribution in [3.8, 4) is 11.4 Å². The van der Waals surface area contributed by atoms with E-state index in [1.807, 2.05) is 77.6 Å². The third-order valence-electron chi connectivity index (χ3n) is 3.86. The molecule has 5 nitrogen and oxygen atoms in total. The molecule has 0 spiro atoms. The number of carbonyl (C=O) groups excluding carboxylic acids is 1. The van der Waals surface area contributed by atoms with Gasteiger partial charge in [0.25, 0.3) is 0 Å². The number of hydrogen-bond donors (Lipinski definition) is 2. The zero-order valence-corrected chi connectivity index (χ0v) is 14.1. The molecule has 5 heteroatoms. The molecule has 0 aliphatic heterocycles. The number of benzene rings is 2. The topological polar surface area (TPSA) is 55.3 Å². The summed E-state index contributed by atoms with van der Waals surface area (Å²) in [7, 11) is 1.65. The predicted octanol–water partition coefficient (Wildman–Crippen LogP) is 3.85. The molecule has 128 valence electrons. The number of amides is 2. The van der Waals surface area contributed by atoms with Gasteiger partial charge < -0.3 is 19.9 Å². The first-order valence-corrected chi connectivity index (χ1v) is 8.16. The molecule has 2 N–H and O–H groups in total. The molecule has 0 aliphatic carbocycles. The van der Waals surface area contributed by atoms with E-state index in [4.69, 9.17) is 4.74 Å². The monoisotopic (exact) mass is 335 g/mol. The van der Waals surface area contributed by atoms with Crippen LogP contribution in [0.3, 0.4) is 0 Å². The average molecular weight is 335 g/mol. The number of aromatic nitrogens is 1. The van der Waals surface area contributed by atoms with Gasteiger partial charge in [-0.05, 0) is 54.4 Å². The Labute approximate surface area is 147 Å². The standard InChI is InChI=1S/C20H21N3O2/c1-25-19-9-7-16(8-10-19)11-12-21-20(24)22-17-5-4-6-18(15-17)23-13-2-3-14-23/h2-10,13-15H,11-12H2,1H3,(H2,21,22,24). The van der Waals surface area contributed by atoms with Crippen LogP contribution in [0.2, 0.25) is 0 Å². The number of ether oxygens (including phenoxy) is 1. The van der Waals surface area contributed by atoms with Crippen LogP contribution in [-0.4, -0.2) is 24.3 Å². The third-order valence-corrected chi connectivity index (χ3v) is 3.86. The summed E-state index contributed by atoms with van der Waals surface area (Å²) in [6.07, 6.45) is 4.70. The fourth-order valence-corrected chi connectivity index (χ4v) is 2.54. The van der Waals surface area contributed by atoms with Gasteiger partial charge in [0.1, 0.15) is 5.75 Å². The summed E-state index contributed by atoms with van der Waals surface area (Å²) < 4.78 is 7.13. The Morgan fingerprint density at radius 2 is 1.80 bits per heavy atom.